The van der Waals surface area contributed by atoms with E-state index in [0.717, 1.165) is 22.3 Å². The van der Waals surface area contributed by atoms with Gasteiger partial charge in [0.05, 0.1) is 11.1 Å². The van der Waals surface area contributed by atoms with Crippen molar-refractivity contribution >= 4 is 38.9 Å². The van der Waals surface area contributed by atoms with Crippen LogP contribution in [0, 0.1) is 5.82 Å². The van der Waals surface area contributed by atoms with E-state index in [4.69, 9.17) is 11.6 Å². The minimum Gasteiger partial charge on any atom is -0.305 e. The van der Waals surface area contributed by atoms with Gasteiger partial charge in [-0.3, -0.25) is 0 Å². The highest BCUT2D eigenvalue weighted by atomic mass is 79.9. The number of hydrogen-bond donors (Lipinski definition) is 1. The van der Waals surface area contributed by atoms with Gasteiger partial charge >= 0.3 is 0 Å². The fourth-order valence-corrected chi connectivity index (χ4v) is 3.52. The number of thiophene rings is 1. The highest BCUT2D eigenvalue weighted by Gasteiger charge is 2.21. The lowest BCUT2D eigenvalue weighted by molar-refractivity contribution is 0.551. The summed E-state index contributed by atoms with van der Waals surface area (Å²) in [6, 6.07) is 6.62. The Kier molecular flexibility index (Phi) is 5.39. The third-order valence-corrected chi connectivity index (χ3v) is 4.69. The van der Waals surface area contributed by atoms with Crippen LogP contribution in [0.25, 0.3) is 0 Å². The third-order valence-electron chi connectivity index (χ3n) is 2.77. The predicted molar refractivity (Wildman–Crippen MR) is 83.6 cm³/mol. The Bertz CT molecular complexity index is 558. The van der Waals surface area contributed by atoms with Crippen LogP contribution in [0.5, 0.6) is 0 Å². The largest absolute Gasteiger partial charge is 0.305 e. The normalized spacial score (nSPS) is 12.6. The Morgan fingerprint density at radius 1 is 1.42 bits per heavy atom. The molecular formula is C14H14BrClFNS. The molecule has 102 valence electrons. The van der Waals surface area contributed by atoms with E-state index < -0.39 is 0 Å². The number of nitrogens with one attached hydrogen (secondary N) is 1. The quantitative estimate of drug-likeness (QED) is 0.751. The van der Waals surface area contributed by atoms with Gasteiger partial charge < -0.3 is 5.32 Å². The Hall–Kier alpha value is -0.420. The molecule has 0 aliphatic rings. The molecule has 1 atom stereocenters. The van der Waals surface area contributed by atoms with Gasteiger partial charge in [-0.05, 0) is 42.6 Å². The zero-order valence-electron chi connectivity index (χ0n) is 10.4. The van der Waals surface area contributed by atoms with Crippen LogP contribution >= 0.6 is 38.9 Å². The summed E-state index contributed by atoms with van der Waals surface area (Å²) in [6.45, 7) is 2.89. The molecule has 1 aromatic carbocycles. The molecule has 1 aromatic heterocycles. The van der Waals surface area contributed by atoms with Crippen molar-refractivity contribution in [2.24, 2.45) is 0 Å². The average molecular weight is 363 g/mol. The maximum Gasteiger partial charge on any atom is 0.128 e. The standard InChI is InChI=1S/C14H14BrClFNS/c1-2-6-18-13(14-11(16)5-7-19-14)10-8-9(15)3-4-12(10)17/h3-5,7-8,13,18H,2,6H2,1H3. The maximum absolute atomic E-state index is 14.1. The Morgan fingerprint density at radius 2 is 2.21 bits per heavy atom. The van der Waals surface area contributed by atoms with Gasteiger partial charge in [-0.2, -0.15) is 0 Å². The summed E-state index contributed by atoms with van der Waals surface area (Å²) < 4.78 is 14.9. The highest BCUT2D eigenvalue weighted by molar-refractivity contribution is 9.10. The zero-order chi connectivity index (χ0) is 13.8. The fraction of sp³-hybridized carbons (Fsp3) is 0.286. The summed E-state index contributed by atoms with van der Waals surface area (Å²) in [5, 5.41) is 5.97. The summed E-state index contributed by atoms with van der Waals surface area (Å²) >= 11 is 11.1. The van der Waals surface area contributed by atoms with Gasteiger partial charge in [0.15, 0.2) is 0 Å². The topological polar surface area (TPSA) is 12.0 Å². The van der Waals surface area contributed by atoms with E-state index in [1.807, 2.05) is 11.4 Å². The second kappa shape index (κ2) is 6.84. The van der Waals surface area contributed by atoms with E-state index in [1.54, 1.807) is 23.5 Å². The molecular weight excluding hydrogens is 349 g/mol. The van der Waals surface area contributed by atoms with Gasteiger partial charge in [0.1, 0.15) is 5.82 Å². The number of rotatable bonds is 5. The zero-order valence-corrected chi connectivity index (χ0v) is 13.6. The molecule has 0 amide bonds. The van der Waals surface area contributed by atoms with Gasteiger partial charge in [-0.25, -0.2) is 4.39 Å². The van der Waals surface area contributed by atoms with E-state index in [1.165, 1.54) is 6.07 Å². The molecule has 1 N–H and O–H groups in total. The van der Waals surface area contributed by atoms with Crippen LogP contribution < -0.4 is 5.32 Å². The highest BCUT2D eigenvalue weighted by Crippen LogP contribution is 2.34. The first kappa shape index (κ1) is 15.0. The van der Waals surface area contributed by atoms with Gasteiger partial charge in [0.2, 0.25) is 0 Å². The van der Waals surface area contributed by atoms with E-state index >= 15 is 0 Å². The molecule has 2 rings (SSSR count). The van der Waals surface area contributed by atoms with Crippen LogP contribution in [-0.4, -0.2) is 6.54 Å². The first-order valence-corrected chi connectivity index (χ1v) is 8.09. The fourth-order valence-electron chi connectivity index (χ4n) is 1.88. The Balaban J connectivity index is 2.42. The maximum atomic E-state index is 14.1. The SMILES string of the molecule is CCCNC(c1cc(Br)ccc1F)c1sccc1Cl. The molecule has 0 bridgehead atoms. The second-order valence-electron chi connectivity index (χ2n) is 4.19. The van der Waals surface area contributed by atoms with E-state index in [0.29, 0.717) is 10.6 Å². The minimum absolute atomic E-state index is 0.204. The van der Waals surface area contributed by atoms with Crippen LogP contribution in [0.3, 0.4) is 0 Å². The second-order valence-corrected chi connectivity index (χ2v) is 6.46. The molecule has 1 unspecified atom stereocenters. The lowest BCUT2D eigenvalue weighted by Gasteiger charge is -2.19. The summed E-state index contributed by atoms with van der Waals surface area (Å²) in [5.41, 5.74) is 0.618. The molecule has 0 aliphatic carbocycles. The van der Waals surface area contributed by atoms with Crippen LogP contribution in [0.1, 0.15) is 29.8 Å². The van der Waals surface area contributed by atoms with Gasteiger partial charge in [-0.1, -0.05) is 34.5 Å². The molecule has 0 aliphatic heterocycles. The molecule has 0 radical (unpaired) electrons. The Labute approximate surface area is 129 Å². The molecule has 0 fully saturated rings. The van der Waals surface area contributed by atoms with Crippen molar-refractivity contribution in [2.75, 3.05) is 6.54 Å². The van der Waals surface area contributed by atoms with Crippen LogP contribution in [0.2, 0.25) is 5.02 Å². The molecule has 1 heterocycles. The Morgan fingerprint density at radius 3 is 2.84 bits per heavy atom. The summed E-state index contributed by atoms with van der Waals surface area (Å²) in [7, 11) is 0. The summed E-state index contributed by atoms with van der Waals surface area (Å²) in [6.07, 6.45) is 0.981. The summed E-state index contributed by atoms with van der Waals surface area (Å²) in [5.74, 6) is -0.221. The molecule has 0 saturated carbocycles. The van der Waals surface area contributed by atoms with Crippen molar-refractivity contribution in [1.82, 2.24) is 5.32 Å². The van der Waals surface area contributed by atoms with Crippen molar-refractivity contribution in [2.45, 2.75) is 19.4 Å². The monoisotopic (exact) mass is 361 g/mol. The molecule has 5 heteroatoms. The summed E-state index contributed by atoms with van der Waals surface area (Å²) in [4.78, 5) is 0.951. The first-order valence-electron chi connectivity index (χ1n) is 6.04. The van der Waals surface area contributed by atoms with Crippen molar-refractivity contribution in [3.05, 3.63) is 55.4 Å². The molecule has 19 heavy (non-hydrogen) atoms. The van der Waals surface area contributed by atoms with Gasteiger partial charge in [-0.15, -0.1) is 11.3 Å². The van der Waals surface area contributed by atoms with Crippen molar-refractivity contribution in [1.29, 1.82) is 0 Å². The van der Waals surface area contributed by atoms with Crippen LogP contribution in [-0.2, 0) is 0 Å². The van der Waals surface area contributed by atoms with E-state index in [-0.39, 0.29) is 11.9 Å². The van der Waals surface area contributed by atoms with E-state index in [9.17, 15) is 4.39 Å². The van der Waals surface area contributed by atoms with Crippen molar-refractivity contribution in [3.8, 4) is 0 Å². The van der Waals surface area contributed by atoms with Crippen LogP contribution in [0.4, 0.5) is 4.39 Å². The lowest BCUT2D eigenvalue weighted by Crippen LogP contribution is -2.23. The number of hydrogen-bond acceptors (Lipinski definition) is 2. The molecule has 0 spiro atoms. The smallest absolute Gasteiger partial charge is 0.128 e. The van der Waals surface area contributed by atoms with Crippen LogP contribution in [0.15, 0.2) is 34.1 Å². The van der Waals surface area contributed by atoms with Gasteiger partial charge in [0, 0.05) is 14.9 Å². The van der Waals surface area contributed by atoms with Crippen molar-refractivity contribution in [3.63, 3.8) is 0 Å². The minimum atomic E-state index is -0.221. The van der Waals surface area contributed by atoms with Gasteiger partial charge in [0.25, 0.3) is 0 Å². The average Bonchev–Trinajstić information content (AvgIpc) is 2.80. The molecule has 1 nitrogen and oxygen atoms in total. The van der Waals surface area contributed by atoms with Crippen molar-refractivity contribution < 1.29 is 4.39 Å². The molecule has 0 saturated heterocycles. The molecule has 2 aromatic rings. The first-order chi connectivity index (χ1) is 9.13. The number of benzene rings is 1. The third kappa shape index (κ3) is 3.57. The van der Waals surface area contributed by atoms with E-state index in [2.05, 4.69) is 28.2 Å². The number of halogens is 3. The predicted octanol–water partition coefficient (Wildman–Crippen LogP) is 5.39. The lowest BCUT2D eigenvalue weighted by atomic mass is 10.0.